The molecule has 27 heavy (non-hydrogen) atoms. The Morgan fingerprint density at radius 3 is 2.48 bits per heavy atom. The van der Waals surface area contributed by atoms with Crippen LogP contribution in [0.5, 0.6) is 0 Å². The van der Waals surface area contributed by atoms with Gasteiger partial charge in [-0.2, -0.15) is 11.8 Å². The van der Waals surface area contributed by atoms with Crippen LogP contribution in [0.1, 0.15) is 32.1 Å². The van der Waals surface area contributed by atoms with Crippen molar-refractivity contribution < 1.29 is 13.3 Å². The minimum atomic E-state index is -3.67. The molecule has 0 bridgehead atoms. The largest absolute Gasteiger partial charge is 0.383 e. The average molecular weight is 414 g/mol. The Labute approximate surface area is 165 Å². The van der Waals surface area contributed by atoms with E-state index in [9.17, 15) is 18.5 Å². The van der Waals surface area contributed by atoms with Crippen LogP contribution in [0.4, 0.5) is 11.4 Å². The highest BCUT2D eigenvalue weighted by atomic mass is 32.2. The van der Waals surface area contributed by atoms with Crippen molar-refractivity contribution in [2.24, 2.45) is 0 Å². The van der Waals surface area contributed by atoms with E-state index in [1.54, 1.807) is 6.07 Å². The number of thioether (sulfide) groups is 1. The highest BCUT2D eigenvalue weighted by Gasteiger charge is 2.38. The van der Waals surface area contributed by atoms with Gasteiger partial charge in [0, 0.05) is 54.7 Å². The summed E-state index contributed by atoms with van der Waals surface area (Å²) < 4.78 is 24.0. The van der Waals surface area contributed by atoms with Crippen LogP contribution in [0.25, 0.3) is 0 Å². The number of hydrogen-bond donors (Lipinski definition) is 1. The number of sulfone groups is 1. The number of nitro groups is 1. The van der Waals surface area contributed by atoms with Crippen molar-refractivity contribution in [3.8, 4) is 0 Å². The summed E-state index contributed by atoms with van der Waals surface area (Å²) in [5.74, 6) is 2.30. The molecule has 0 amide bonds. The Morgan fingerprint density at radius 1 is 1.22 bits per heavy atom. The third kappa shape index (κ3) is 4.75. The number of hydrogen-bond acceptors (Lipinski definition) is 7. The number of nitro benzene ring substituents is 1. The molecule has 1 saturated heterocycles. The maximum absolute atomic E-state index is 12.0. The Balaban J connectivity index is 1.82. The zero-order chi connectivity index (χ0) is 19.5. The molecule has 0 aromatic heterocycles. The fourth-order valence-electron chi connectivity index (χ4n) is 4.19. The van der Waals surface area contributed by atoms with Crippen molar-refractivity contribution in [2.45, 2.75) is 42.5 Å². The summed E-state index contributed by atoms with van der Waals surface area (Å²) in [5.41, 5.74) is 0.340. The third-order valence-corrected chi connectivity index (χ3v) is 7.71. The summed E-state index contributed by atoms with van der Waals surface area (Å²) in [6.07, 6.45) is 6.96. The molecule has 3 rings (SSSR count). The Morgan fingerprint density at radius 2 is 1.89 bits per heavy atom. The predicted molar refractivity (Wildman–Crippen MR) is 109 cm³/mol. The van der Waals surface area contributed by atoms with E-state index in [1.807, 2.05) is 11.8 Å². The summed E-state index contributed by atoms with van der Waals surface area (Å²) in [5, 5.41) is 14.6. The number of anilines is 1. The van der Waals surface area contributed by atoms with E-state index in [2.05, 4.69) is 10.2 Å². The lowest BCUT2D eigenvalue weighted by atomic mass is 9.80. The first kappa shape index (κ1) is 20.4. The molecule has 150 valence electrons. The molecule has 1 heterocycles. The van der Waals surface area contributed by atoms with Crippen LogP contribution in [0.3, 0.4) is 0 Å². The van der Waals surface area contributed by atoms with E-state index in [0.29, 0.717) is 5.69 Å². The first-order valence-corrected chi connectivity index (χ1v) is 12.4. The second kappa shape index (κ2) is 8.36. The van der Waals surface area contributed by atoms with Crippen molar-refractivity contribution in [3.05, 3.63) is 28.3 Å². The summed E-state index contributed by atoms with van der Waals surface area (Å²) >= 11 is 1.99. The minimum Gasteiger partial charge on any atom is -0.383 e. The molecule has 1 N–H and O–H groups in total. The molecule has 0 atom stereocenters. The van der Waals surface area contributed by atoms with E-state index in [4.69, 9.17) is 0 Å². The highest BCUT2D eigenvalue weighted by Crippen LogP contribution is 2.36. The molecular weight excluding hydrogens is 386 g/mol. The van der Waals surface area contributed by atoms with Crippen LogP contribution in [-0.2, 0) is 9.84 Å². The molecule has 1 aliphatic carbocycles. The van der Waals surface area contributed by atoms with Gasteiger partial charge in [-0.3, -0.25) is 15.0 Å². The smallest absolute Gasteiger partial charge is 0.288 e. The van der Waals surface area contributed by atoms with Gasteiger partial charge in [-0.05, 0) is 25.0 Å². The van der Waals surface area contributed by atoms with Gasteiger partial charge in [0.15, 0.2) is 9.84 Å². The van der Waals surface area contributed by atoms with Gasteiger partial charge in [0.05, 0.1) is 4.92 Å². The van der Waals surface area contributed by atoms with Crippen LogP contribution in [-0.4, -0.2) is 61.2 Å². The first-order chi connectivity index (χ1) is 12.8. The van der Waals surface area contributed by atoms with E-state index < -0.39 is 14.8 Å². The van der Waals surface area contributed by atoms with E-state index in [0.717, 1.165) is 50.2 Å². The quantitative estimate of drug-likeness (QED) is 0.565. The first-order valence-electron chi connectivity index (χ1n) is 9.37. The molecule has 0 unspecified atom stereocenters. The van der Waals surface area contributed by atoms with Gasteiger partial charge >= 0.3 is 0 Å². The molecule has 7 nitrogen and oxygen atoms in total. The third-order valence-electron chi connectivity index (χ3n) is 5.64. The summed E-state index contributed by atoms with van der Waals surface area (Å²) in [6.45, 7) is 2.90. The molecule has 0 spiro atoms. The number of nitrogens with zero attached hydrogens (tertiary/aromatic N) is 2. The fraction of sp³-hybridized carbons (Fsp3) is 0.667. The monoisotopic (exact) mass is 413 g/mol. The van der Waals surface area contributed by atoms with Crippen LogP contribution in [0.15, 0.2) is 23.1 Å². The SMILES string of the molecule is CS(=O)(=O)c1cc(NCC2(N3CCSCC3)CCCCC2)ccc1[N+](=O)[O-]. The molecule has 0 radical (unpaired) electrons. The molecule has 1 aromatic carbocycles. The maximum atomic E-state index is 12.0. The van der Waals surface area contributed by atoms with Crippen molar-refractivity contribution in [3.63, 3.8) is 0 Å². The molecule has 1 saturated carbocycles. The van der Waals surface area contributed by atoms with Gasteiger partial charge in [0.1, 0.15) is 4.90 Å². The standard InChI is InChI=1S/C18H27N3O4S2/c1-27(24,25)17-13-15(5-6-16(17)21(22)23)19-14-18(7-3-2-4-8-18)20-9-11-26-12-10-20/h5-6,13,19H,2-4,7-12,14H2,1H3. The van der Waals surface area contributed by atoms with Gasteiger partial charge in [0.2, 0.25) is 0 Å². The Kier molecular flexibility index (Phi) is 6.32. The predicted octanol–water partition coefficient (Wildman–Crippen LogP) is 3.16. The van der Waals surface area contributed by atoms with Gasteiger partial charge in [-0.15, -0.1) is 0 Å². The molecule has 1 aliphatic heterocycles. The van der Waals surface area contributed by atoms with Crippen molar-refractivity contribution in [2.75, 3.05) is 42.7 Å². The molecule has 9 heteroatoms. The van der Waals surface area contributed by atoms with Crippen LogP contribution >= 0.6 is 11.8 Å². The summed E-state index contributed by atoms with van der Waals surface area (Å²) in [4.78, 5) is 12.9. The lowest BCUT2D eigenvalue weighted by Crippen LogP contribution is -2.57. The molecule has 1 aromatic rings. The number of rotatable bonds is 6. The molecular formula is C18H27N3O4S2. The van der Waals surface area contributed by atoms with Crippen LogP contribution < -0.4 is 5.32 Å². The zero-order valence-electron chi connectivity index (χ0n) is 15.6. The van der Waals surface area contributed by atoms with Crippen LogP contribution in [0.2, 0.25) is 0 Å². The average Bonchev–Trinajstić information content (AvgIpc) is 2.67. The summed E-state index contributed by atoms with van der Waals surface area (Å²) in [7, 11) is -3.67. The second-order valence-corrected chi connectivity index (χ2v) is 10.7. The highest BCUT2D eigenvalue weighted by molar-refractivity contribution is 7.99. The van der Waals surface area contributed by atoms with E-state index in [-0.39, 0.29) is 16.1 Å². The minimum absolute atomic E-state index is 0.0895. The van der Waals surface area contributed by atoms with E-state index in [1.165, 1.54) is 31.4 Å². The van der Waals surface area contributed by atoms with E-state index >= 15 is 0 Å². The van der Waals surface area contributed by atoms with Crippen LogP contribution in [0, 0.1) is 10.1 Å². The topological polar surface area (TPSA) is 92.6 Å². The Bertz CT molecular complexity index is 786. The van der Waals surface area contributed by atoms with Gasteiger partial charge < -0.3 is 5.32 Å². The van der Waals surface area contributed by atoms with Gasteiger partial charge in [-0.25, -0.2) is 8.42 Å². The normalized spacial score (nSPS) is 20.9. The number of nitrogens with one attached hydrogen (secondary N) is 1. The molecule has 2 fully saturated rings. The lowest BCUT2D eigenvalue weighted by molar-refractivity contribution is -0.387. The van der Waals surface area contributed by atoms with Crippen molar-refractivity contribution in [1.82, 2.24) is 4.90 Å². The molecule has 2 aliphatic rings. The van der Waals surface area contributed by atoms with Gasteiger partial charge in [0.25, 0.3) is 5.69 Å². The van der Waals surface area contributed by atoms with Crippen molar-refractivity contribution in [1.29, 1.82) is 0 Å². The van der Waals surface area contributed by atoms with Gasteiger partial charge in [-0.1, -0.05) is 19.3 Å². The Hall–Kier alpha value is -1.32. The maximum Gasteiger partial charge on any atom is 0.288 e. The lowest BCUT2D eigenvalue weighted by Gasteiger charge is -2.48. The van der Waals surface area contributed by atoms with Crippen molar-refractivity contribution >= 4 is 33.0 Å². The zero-order valence-corrected chi connectivity index (χ0v) is 17.3. The number of benzene rings is 1. The second-order valence-electron chi connectivity index (χ2n) is 7.45. The summed E-state index contributed by atoms with van der Waals surface area (Å²) in [6, 6.07) is 4.29. The fourth-order valence-corrected chi connectivity index (χ4v) is 5.96.